The average Bonchev–Trinajstić information content (AvgIpc) is 1.82. The maximum absolute atomic E-state index is 8.99. The monoisotopic (exact) mass is 161 g/mol. The lowest BCUT2D eigenvalue weighted by atomic mass is 10.1. The molecule has 0 spiro atoms. The van der Waals surface area contributed by atoms with Gasteiger partial charge >= 0.3 is 0 Å². The topological polar surface area (TPSA) is 52.5 Å². The molecule has 0 bridgehead atoms. The summed E-state index contributed by atoms with van der Waals surface area (Å²) >= 11 is 0. The van der Waals surface area contributed by atoms with Gasteiger partial charge < -0.3 is 15.5 Å². The van der Waals surface area contributed by atoms with Gasteiger partial charge in [0, 0.05) is 12.6 Å². The maximum Gasteiger partial charge on any atom is 0.0636 e. The highest BCUT2D eigenvalue weighted by atomic mass is 16.3. The maximum atomic E-state index is 8.99. The van der Waals surface area contributed by atoms with Crippen LogP contribution in [0.15, 0.2) is 0 Å². The molecule has 3 unspecified atom stereocenters. The van der Waals surface area contributed by atoms with Gasteiger partial charge in [-0.25, -0.2) is 0 Å². The minimum absolute atomic E-state index is 0.268. The van der Waals surface area contributed by atoms with E-state index in [4.69, 9.17) is 10.2 Å². The van der Waals surface area contributed by atoms with Crippen molar-refractivity contribution in [2.75, 3.05) is 6.54 Å². The van der Waals surface area contributed by atoms with Crippen LogP contribution < -0.4 is 5.32 Å². The van der Waals surface area contributed by atoms with Crippen LogP contribution in [0.5, 0.6) is 0 Å². The van der Waals surface area contributed by atoms with Gasteiger partial charge in [-0.15, -0.1) is 0 Å². The summed E-state index contributed by atoms with van der Waals surface area (Å²) in [6, 6.07) is 0.268. The Morgan fingerprint density at radius 2 is 1.64 bits per heavy atom. The summed E-state index contributed by atoms with van der Waals surface area (Å²) in [6.45, 7) is 6.09. The molecular weight excluding hydrogens is 142 g/mol. The van der Waals surface area contributed by atoms with E-state index < -0.39 is 0 Å². The van der Waals surface area contributed by atoms with E-state index in [0.29, 0.717) is 6.54 Å². The largest absolute Gasteiger partial charge is 0.393 e. The van der Waals surface area contributed by atoms with E-state index in [2.05, 4.69) is 5.32 Å². The Kier molecular flexibility index (Phi) is 5.46. The first-order valence-corrected chi connectivity index (χ1v) is 4.12. The van der Waals surface area contributed by atoms with Crippen molar-refractivity contribution in [1.29, 1.82) is 0 Å². The summed E-state index contributed by atoms with van der Waals surface area (Å²) in [5.41, 5.74) is 0. The number of aliphatic hydroxyl groups is 2. The Morgan fingerprint density at radius 3 is 2.00 bits per heavy atom. The van der Waals surface area contributed by atoms with Crippen LogP contribution in [0.2, 0.25) is 0 Å². The number of hydrogen-bond donors (Lipinski definition) is 3. The molecule has 0 rings (SSSR count). The van der Waals surface area contributed by atoms with Gasteiger partial charge in [-0.3, -0.25) is 0 Å². The smallest absolute Gasteiger partial charge is 0.0636 e. The lowest BCUT2D eigenvalue weighted by Gasteiger charge is -2.16. The molecule has 0 amide bonds. The molecule has 3 nitrogen and oxygen atoms in total. The molecule has 68 valence electrons. The van der Waals surface area contributed by atoms with E-state index in [1.807, 2.05) is 6.92 Å². The van der Waals surface area contributed by atoms with Gasteiger partial charge in [-0.05, 0) is 27.2 Å². The van der Waals surface area contributed by atoms with Crippen molar-refractivity contribution in [2.45, 2.75) is 45.4 Å². The molecule has 0 aromatic carbocycles. The van der Waals surface area contributed by atoms with Crippen molar-refractivity contribution >= 4 is 0 Å². The Bertz CT molecular complexity index is 94.1. The molecule has 0 aliphatic rings. The van der Waals surface area contributed by atoms with Gasteiger partial charge in [0.15, 0.2) is 0 Å². The first-order chi connectivity index (χ1) is 5.02. The third-order valence-corrected chi connectivity index (χ3v) is 1.46. The van der Waals surface area contributed by atoms with Crippen LogP contribution in [-0.4, -0.2) is 35.0 Å². The minimum atomic E-state index is -0.313. The Hall–Kier alpha value is -0.120. The van der Waals surface area contributed by atoms with Crippen LogP contribution in [0.25, 0.3) is 0 Å². The van der Waals surface area contributed by atoms with Gasteiger partial charge in [0.05, 0.1) is 12.2 Å². The van der Waals surface area contributed by atoms with Crippen LogP contribution in [0, 0.1) is 0 Å². The molecule has 0 radical (unpaired) electrons. The molecule has 3 atom stereocenters. The van der Waals surface area contributed by atoms with Gasteiger partial charge in [0.25, 0.3) is 0 Å². The van der Waals surface area contributed by atoms with Crippen molar-refractivity contribution in [3.05, 3.63) is 0 Å². The van der Waals surface area contributed by atoms with Crippen molar-refractivity contribution in [3.63, 3.8) is 0 Å². The molecule has 0 aromatic rings. The van der Waals surface area contributed by atoms with Gasteiger partial charge in [0.2, 0.25) is 0 Å². The van der Waals surface area contributed by atoms with E-state index in [1.165, 1.54) is 0 Å². The highest BCUT2D eigenvalue weighted by Gasteiger charge is 2.05. The normalized spacial score (nSPS) is 19.4. The molecule has 0 fully saturated rings. The van der Waals surface area contributed by atoms with Crippen LogP contribution in [-0.2, 0) is 0 Å². The number of aliphatic hydroxyl groups excluding tert-OH is 2. The fraction of sp³-hybridized carbons (Fsp3) is 1.00. The number of rotatable bonds is 5. The lowest BCUT2D eigenvalue weighted by Crippen LogP contribution is -2.34. The zero-order chi connectivity index (χ0) is 8.85. The third kappa shape index (κ3) is 7.78. The van der Waals surface area contributed by atoms with Crippen molar-refractivity contribution in [2.24, 2.45) is 0 Å². The van der Waals surface area contributed by atoms with Crippen LogP contribution >= 0.6 is 0 Å². The fourth-order valence-corrected chi connectivity index (χ4v) is 0.967. The summed E-state index contributed by atoms with van der Waals surface area (Å²) in [5, 5.41) is 21.0. The lowest BCUT2D eigenvalue weighted by molar-refractivity contribution is 0.156. The Labute approximate surface area is 68.4 Å². The molecule has 0 saturated carbocycles. The van der Waals surface area contributed by atoms with E-state index in [-0.39, 0.29) is 18.2 Å². The van der Waals surface area contributed by atoms with Crippen molar-refractivity contribution in [3.8, 4) is 0 Å². The molecule has 3 heteroatoms. The van der Waals surface area contributed by atoms with E-state index >= 15 is 0 Å². The van der Waals surface area contributed by atoms with Gasteiger partial charge in [-0.1, -0.05) is 0 Å². The molecular formula is C8H19NO2. The summed E-state index contributed by atoms with van der Waals surface area (Å²) in [4.78, 5) is 0. The summed E-state index contributed by atoms with van der Waals surface area (Å²) in [5.74, 6) is 0. The highest BCUT2D eigenvalue weighted by Crippen LogP contribution is 1.95. The second-order valence-electron chi connectivity index (χ2n) is 3.24. The quantitative estimate of drug-likeness (QED) is 0.536. The zero-order valence-corrected chi connectivity index (χ0v) is 7.54. The standard InChI is InChI=1S/C8H19NO2/c1-6(4-7(2)10)9-5-8(3)11/h6-11H,4-5H2,1-3H3. The second-order valence-corrected chi connectivity index (χ2v) is 3.24. The minimum Gasteiger partial charge on any atom is -0.393 e. The summed E-state index contributed by atoms with van der Waals surface area (Å²) in [7, 11) is 0. The molecule has 0 aromatic heterocycles. The van der Waals surface area contributed by atoms with E-state index in [1.54, 1.807) is 13.8 Å². The van der Waals surface area contributed by atoms with Crippen LogP contribution in [0.3, 0.4) is 0 Å². The SMILES string of the molecule is CC(O)CNC(C)CC(C)O. The van der Waals surface area contributed by atoms with Gasteiger partial charge in [-0.2, -0.15) is 0 Å². The molecule has 0 aliphatic carbocycles. The fourth-order valence-electron chi connectivity index (χ4n) is 0.967. The van der Waals surface area contributed by atoms with Crippen LogP contribution in [0.1, 0.15) is 27.2 Å². The van der Waals surface area contributed by atoms with Crippen LogP contribution in [0.4, 0.5) is 0 Å². The zero-order valence-electron chi connectivity index (χ0n) is 7.54. The Morgan fingerprint density at radius 1 is 1.09 bits per heavy atom. The number of nitrogens with one attached hydrogen (secondary N) is 1. The first kappa shape index (κ1) is 10.9. The summed E-state index contributed by atoms with van der Waals surface area (Å²) < 4.78 is 0. The van der Waals surface area contributed by atoms with Gasteiger partial charge in [0.1, 0.15) is 0 Å². The molecule has 11 heavy (non-hydrogen) atoms. The summed E-state index contributed by atoms with van der Waals surface area (Å²) in [6.07, 6.45) is 0.144. The second kappa shape index (κ2) is 5.52. The first-order valence-electron chi connectivity index (χ1n) is 4.12. The predicted octanol–water partition coefficient (Wildman–Crippen LogP) is 0.116. The average molecular weight is 161 g/mol. The Balaban J connectivity index is 3.29. The highest BCUT2D eigenvalue weighted by molar-refractivity contribution is 4.65. The molecule has 0 aliphatic heterocycles. The van der Waals surface area contributed by atoms with E-state index in [0.717, 1.165) is 6.42 Å². The predicted molar refractivity (Wildman–Crippen MR) is 45.4 cm³/mol. The van der Waals surface area contributed by atoms with Crippen molar-refractivity contribution in [1.82, 2.24) is 5.32 Å². The molecule has 3 N–H and O–H groups in total. The molecule has 0 heterocycles. The molecule has 0 saturated heterocycles. The third-order valence-electron chi connectivity index (χ3n) is 1.46. The van der Waals surface area contributed by atoms with Crippen molar-refractivity contribution < 1.29 is 10.2 Å². The number of hydrogen-bond acceptors (Lipinski definition) is 3. The van der Waals surface area contributed by atoms with E-state index in [9.17, 15) is 0 Å².